The maximum Gasteiger partial charge on any atom is 0.0704 e. The zero-order valence-corrected chi connectivity index (χ0v) is 9.89. The third-order valence-corrected chi connectivity index (χ3v) is 2.74. The molecule has 0 fully saturated rings. The van der Waals surface area contributed by atoms with Gasteiger partial charge in [0.05, 0.1) is 19.3 Å². The predicted octanol–water partition coefficient (Wildman–Crippen LogP) is 2.72. The standard InChI is InChI=1S/C11H24O2/c1-9(11(3,4)5)10(2)13-8-7-12-6/h9-10H,7-8H2,1-6H3. The molecule has 2 heteroatoms. The molecule has 13 heavy (non-hydrogen) atoms. The first kappa shape index (κ1) is 12.9. The Morgan fingerprint density at radius 2 is 1.62 bits per heavy atom. The van der Waals surface area contributed by atoms with Crippen LogP contribution in [0.2, 0.25) is 0 Å². The molecule has 0 aromatic rings. The number of hydrogen-bond donors (Lipinski definition) is 0. The summed E-state index contributed by atoms with van der Waals surface area (Å²) in [6, 6.07) is 0. The van der Waals surface area contributed by atoms with Crippen molar-refractivity contribution in [2.75, 3.05) is 20.3 Å². The highest BCUT2D eigenvalue weighted by molar-refractivity contribution is 4.74. The molecular formula is C11H24O2. The quantitative estimate of drug-likeness (QED) is 0.618. The average Bonchev–Trinajstić information content (AvgIpc) is 2.01. The summed E-state index contributed by atoms with van der Waals surface area (Å²) in [4.78, 5) is 0. The van der Waals surface area contributed by atoms with E-state index in [4.69, 9.17) is 9.47 Å². The van der Waals surface area contributed by atoms with Crippen molar-refractivity contribution in [2.45, 2.75) is 40.7 Å². The van der Waals surface area contributed by atoms with Crippen LogP contribution in [-0.4, -0.2) is 26.4 Å². The molecule has 0 saturated heterocycles. The second kappa shape index (κ2) is 5.61. The Morgan fingerprint density at radius 3 is 2.00 bits per heavy atom. The van der Waals surface area contributed by atoms with Gasteiger partial charge in [0, 0.05) is 7.11 Å². The summed E-state index contributed by atoms with van der Waals surface area (Å²) in [5.74, 6) is 0.560. The van der Waals surface area contributed by atoms with Gasteiger partial charge in [-0.25, -0.2) is 0 Å². The van der Waals surface area contributed by atoms with Crippen molar-refractivity contribution in [3.8, 4) is 0 Å². The molecule has 0 aliphatic rings. The summed E-state index contributed by atoms with van der Waals surface area (Å²) in [5.41, 5.74) is 0.312. The molecule has 2 nitrogen and oxygen atoms in total. The summed E-state index contributed by atoms with van der Waals surface area (Å²) in [6.07, 6.45) is 0.301. The molecule has 2 atom stereocenters. The Balaban J connectivity index is 3.76. The Morgan fingerprint density at radius 1 is 1.08 bits per heavy atom. The van der Waals surface area contributed by atoms with E-state index in [2.05, 4.69) is 34.6 Å². The van der Waals surface area contributed by atoms with E-state index >= 15 is 0 Å². The second-order valence-electron chi connectivity index (χ2n) is 4.72. The molecule has 2 unspecified atom stereocenters. The molecule has 0 aromatic carbocycles. The van der Waals surface area contributed by atoms with Crippen LogP contribution in [0.4, 0.5) is 0 Å². The number of ether oxygens (including phenoxy) is 2. The van der Waals surface area contributed by atoms with Gasteiger partial charge in [-0.15, -0.1) is 0 Å². The Kier molecular flexibility index (Phi) is 5.57. The molecule has 0 heterocycles. The van der Waals surface area contributed by atoms with E-state index < -0.39 is 0 Å². The van der Waals surface area contributed by atoms with Crippen LogP contribution in [-0.2, 0) is 9.47 Å². The lowest BCUT2D eigenvalue weighted by Gasteiger charge is -2.32. The van der Waals surface area contributed by atoms with E-state index in [0.717, 1.165) is 0 Å². The maximum absolute atomic E-state index is 5.65. The molecule has 0 aliphatic heterocycles. The molecule has 0 aromatic heterocycles. The summed E-state index contributed by atoms with van der Waals surface area (Å²) < 4.78 is 10.6. The van der Waals surface area contributed by atoms with Crippen LogP contribution in [0.1, 0.15) is 34.6 Å². The molecule has 0 aliphatic carbocycles. The minimum atomic E-state index is 0.301. The fourth-order valence-electron chi connectivity index (χ4n) is 1.17. The van der Waals surface area contributed by atoms with Gasteiger partial charge in [-0.2, -0.15) is 0 Å². The normalized spacial score (nSPS) is 17.1. The van der Waals surface area contributed by atoms with Crippen LogP contribution < -0.4 is 0 Å². The fourth-order valence-corrected chi connectivity index (χ4v) is 1.17. The Bertz CT molecular complexity index is 127. The topological polar surface area (TPSA) is 18.5 Å². The Hall–Kier alpha value is -0.0800. The van der Waals surface area contributed by atoms with E-state index in [1.165, 1.54) is 0 Å². The van der Waals surface area contributed by atoms with Gasteiger partial charge in [0.2, 0.25) is 0 Å². The third kappa shape index (κ3) is 5.27. The highest BCUT2D eigenvalue weighted by Gasteiger charge is 2.25. The zero-order valence-electron chi connectivity index (χ0n) is 9.89. The van der Waals surface area contributed by atoms with Gasteiger partial charge in [0.15, 0.2) is 0 Å². The van der Waals surface area contributed by atoms with Crippen LogP contribution in [0, 0.1) is 11.3 Å². The molecule has 80 valence electrons. The summed E-state index contributed by atoms with van der Waals surface area (Å²) in [5, 5.41) is 0. The zero-order chi connectivity index (χ0) is 10.5. The highest BCUT2D eigenvalue weighted by Crippen LogP contribution is 2.29. The van der Waals surface area contributed by atoms with Crippen molar-refractivity contribution in [1.82, 2.24) is 0 Å². The maximum atomic E-state index is 5.65. The van der Waals surface area contributed by atoms with Crippen molar-refractivity contribution in [3.05, 3.63) is 0 Å². The first-order valence-corrected chi connectivity index (χ1v) is 5.00. The van der Waals surface area contributed by atoms with Gasteiger partial charge in [-0.1, -0.05) is 27.7 Å². The first-order chi connectivity index (χ1) is 5.89. The molecule has 0 N–H and O–H groups in total. The average molecular weight is 188 g/mol. The lowest BCUT2D eigenvalue weighted by Crippen LogP contribution is -2.30. The van der Waals surface area contributed by atoms with Crippen LogP contribution in [0.5, 0.6) is 0 Å². The summed E-state index contributed by atoms with van der Waals surface area (Å²) in [7, 11) is 1.70. The molecule has 0 saturated carbocycles. The van der Waals surface area contributed by atoms with Gasteiger partial charge in [0.25, 0.3) is 0 Å². The van der Waals surface area contributed by atoms with Crippen LogP contribution in [0.15, 0.2) is 0 Å². The van der Waals surface area contributed by atoms with Gasteiger partial charge in [-0.05, 0) is 18.3 Å². The van der Waals surface area contributed by atoms with E-state index in [0.29, 0.717) is 30.7 Å². The van der Waals surface area contributed by atoms with Crippen molar-refractivity contribution in [3.63, 3.8) is 0 Å². The highest BCUT2D eigenvalue weighted by atomic mass is 16.5. The van der Waals surface area contributed by atoms with Gasteiger partial charge >= 0.3 is 0 Å². The van der Waals surface area contributed by atoms with Gasteiger partial charge < -0.3 is 9.47 Å². The molecule has 0 rings (SSSR count). The van der Waals surface area contributed by atoms with Crippen molar-refractivity contribution >= 4 is 0 Å². The van der Waals surface area contributed by atoms with E-state index in [-0.39, 0.29) is 0 Å². The van der Waals surface area contributed by atoms with Crippen LogP contribution in [0.25, 0.3) is 0 Å². The minimum Gasteiger partial charge on any atom is -0.382 e. The lowest BCUT2D eigenvalue weighted by molar-refractivity contribution is -0.0254. The predicted molar refractivity (Wildman–Crippen MR) is 55.9 cm³/mol. The smallest absolute Gasteiger partial charge is 0.0704 e. The van der Waals surface area contributed by atoms with E-state index in [1.807, 2.05) is 0 Å². The van der Waals surface area contributed by atoms with Crippen molar-refractivity contribution in [2.24, 2.45) is 11.3 Å². The summed E-state index contributed by atoms with van der Waals surface area (Å²) >= 11 is 0. The summed E-state index contributed by atoms with van der Waals surface area (Å²) in [6.45, 7) is 12.5. The van der Waals surface area contributed by atoms with Gasteiger partial charge in [0.1, 0.15) is 0 Å². The SMILES string of the molecule is COCCOC(C)C(C)C(C)(C)C. The second-order valence-corrected chi connectivity index (χ2v) is 4.72. The van der Waals surface area contributed by atoms with Crippen molar-refractivity contribution in [1.29, 1.82) is 0 Å². The van der Waals surface area contributed by atoms with Crippen LogP contribution >= 0.6 is 0 Å². The third-order valence-electron chi connectivity index (χ3n) is 2.74. The van der Waals surface area contributed by atoms with Gasteiger partial charge in [-0.3, -0.25) is 0 Å². The van der Waals surface area contributed by atoms with E-state index in [9.17, 15) is 0 Å². The number of hydrogen-bond acceptors (Lipinski definition) is 2. The monoisotopic (exact) mass is 188 g/mol. The van der Waals surface area contributed by atoms with Crippen molar-refractivity contribution < 1.29 is 9.47 Å². The molecule has 0 bridgehead atoms. The Labute approximate surface area is 82.6 Å². The molecule has 0 radical (unpaired) electrons. The molecular weight excluding hydrogens is 164 g/mol. The number of methoxy groups -OCH3 is 1. The van der Waals surface area contributed by atoms with E-state index in [1.54, 1.807) is 7.11 Å². The fraction of sp³-hybridized carbons (Fsp3) is 1.00. The molecule has 0 amide bonds. The molecule has 0 spiro atoms. The van der Waals surface area contributed by atoms with Crippen LogP contribution in [0.3, 0.4) is 0 Å². The largest absolute Gasteiger partial charge is 0.382 e. The lowest BCUT2D eigenvalue weighted by atomic mass is 9.79. The first-order valence-electron chi connectivity index (χ1n) is 5.00. The minimum absolute atomic E-state index is 0.301. The number of rotatable bonds is 5.